The molecule has 11 aromatic rings. The molecule has 0 amide bonds. The molecule has 0 aliphatic rings. The van der Waals surface area contributed by atoms with Gasteiger partial charge in [0.25, 0.3) is 0 Å². The third kappa shape index (κ3) is 5.06. The Morgan fingerprint density at radius 1 is 0.315 bits per heavy atom. The Morgan fingerprint density at radius 2 is 0.870 bits per heavy atom. The molecule has 0 radical (unpaired) electrons. The summed E-state index contributed by atoms with van der Waals surface area (Å²) >= 11 is 0. The van der Waals surface area contributed by atoms with Crippen LogP contribution in [0.25, 0.3) is 110 Å². The smallest absolute Gasteiger partial charge is 0.0972 e. The van der Waals surface area contributed by atoms with E-state index in [-0.39, 0.29) is 0 Å². The van der Waals surface area contributed by atoms with Gasteiger partial charge in [0.2, 0.25) is 0 Å². The fraction of sp³-hybridized carbons (Fsp3) is 0. The fourth-order valence-electron chi connectivity index (χ4n) is 7.73. The lowest BCUT2D eigenvalue weighted by molar-refractivity contribution is 1.35. The first-order valence-electron chi connectivity index (χ1n) is 18.1. The zero-order valence-corrected chi connectivity index (χ0v) is 29.0. The number of rotatable bonds is 4. The lowest BCUT2D eigenvalue weighted by Gasteiger charge is -2.13. The molecule has 0 unspecified atom stereocenters. The Hall–Kier alpha value is -7.37. The number of pyridine rings is 5. The molecule has 5 nitrogen and oxygen atoms in total. The van der Waals surface area contributed by atoms with E-state index in [9.17, 15) is 0 Å². The van der Waals surface area contributed by atoms with Gasteiger partial charge in [-0.15, -0.1) is 0 Å². The van der Waals surface area contributed by atoms with Gasteiger partial charge >= 0.3 is 0 Å². The zero-order chi connectivity index (χ0) is 35.6. The number of para-hydroxylation sites is 1. The Labute approximate surface area is 310 Å². The predicted octanol–water partition coefficient (Wildman–Crippen LogP) is 12.2. The van der Waals surface area contributed by atoms with Crippen LogP contribution in [0.3, 0.4) is 0 Å². The highest BCUT2D eigenvalue weighted by atomic mass is 14.8. The molecule has 5 heteroatoms. The summed E-state index contributed by atoms with van der Waals surface area (Å²) in [6, 6.07) is 57.2. The van der Waals surface area contributed by atoms with Crippen LogP contribution in [-0.2, 0) is 0 Å². The van der Waals surface area contributed by atoms with Crippen LogP contribution in [0, 0.1) is 0 Å². The molecular formula is C49H29N5. The quantitative estimate of drug-likeness (QED) is 0.172. The average Bonchev–Trinajstić information content (AvgIpc) is 3.25. The van der Waals surface area contributed by atoms with Gasteiger partial charge < -0.3 is 0 Å². The molecule has 5 heterocycles. The van der Waals surface area contributed by atoms with E-state index in [1.54, 1.807) is 0 Å². The highest BCUT2D eigenvalue weighted by Gasteiger charge is 2.14. The summed E-state index contributed by atoms with van der Waals surface area (Å²) in [7, 11) is 0. The molecule has 0 saturated carbocycles. The van der Waals surface area contributed by atoms with Crippen molar-refractivity contribution in [1.29, 1.82) is 0 Å². The van der Waals surface area contributed by atoms with Crippen LogP contribution >= 0.6 is 0 Å². The van der Waals surface area contributed by atoms with Gasteiger partial charge in [-0.3, -0.25) is 9.97 Å². The second-order valence-corrected chi connectivity index (χ2v) is 13.7. The van der Waals surface area contributed by atoms with Gasteiger partial charge in [0.05, 0.1) is 44.7 Å². The number of nitrogens with zero attached hydrogens (tertiary/aromatic N) is 5. The molecular weight excluding hydrogens is 659 g/mol. The minimum atomic E-state index is 0.905. The van der Waals surface area contributed by atoms with Gasteiger partial charge in [0.1, 0.15) is 0 Å². The van der Waals surface area contributed by atoms with E-state index in [0.29, 0.717) is 0 Å². The van der Waals surface area contributed by atoms with Gasteiger partial charge in [0.15, 0.2) is 0 Å². The van der Waals surface area contributed by atoms with Crippen molar-refractivity contribution in [3.63, 3.8) is 0 Å². The molecule has 0 spiro atoms. The minimum absolute atomic E-state index is 0.905. The first-order valence-corrected chi connectivity index (χ1v) is 18.1. The molecule has 0 saturated heterocycles. The molecule has 54 heavy (non-hydrogen) atoms. The molecule has 0 aliphatic heterocycles. The Bertz CT molecular complexity index is 3300. The summed E-state index contributed by atoms with van der Waals surface area (Å²) in [5.74, 6) is 0. The van der Waals surface area contributed by atoms with Gasteiger partial charge in [-0.1, -0.05) is 115 Å². The maximum Gasteiger partial charge on any atom is 0.0972 e. The van der Waals surface area contributed by atoms with Crippen molar-refractivity contribution in [2.24, 2.45) is 0 Å². The maximum absolute atomic E-state index is 5.25. The van der Waals surface area contributed by atoms with Crippen molar-refractivity contribution in [1.82, 2.24) is 24.9 Å². The molecule has 0 bridgehead atoms. The largest absolute Gasteiger partial charge is 0.256 e. The van der Waals surface area contributed by atoms with Crippen LogP contribution in [-0.4, -0.2) is 24.9 Å². The summed E-state index contributed by atoms with van der Waals surface area (Å²) in [6.45, 7) is 0. The van der Waals surface area contributed by atoms with Crippen molar-refractivity contribution >= 4 is 65.3 Å². The molecule has 0 aliphatic carbocycles. The van der Waals surface area contributed by atoms with Gasteiger partial charge in [-0.2, -0.15) is 0 Å². The minimum Gasteiger partial charge on any atom is -0.256 e. The van der Waals surface area contributed by atoms with Crippen LogP contribution in [0.2, 0.25) is 0 Å². The summed E-state index contributed by atoms with van der Waals surface area (Å²) in [6.07, 6.45) is 3.74. The van der Waals surface area contributed by atoms with E-state index in [2.05, 4.69) is 149 Å². The first kappa shape index (κ1) is 30.3. The second-order valence-electron chi connectivity index (χ2n) is 13.7. The zero-order valence-electron chi connectivity index (χ0n) is 29.0. The van der Waals surface area contributed by atoms with Gasteiger partial charge in [0, 0.05) is 56.0 Å². The van der Waals surface area contributed by atoms with E-state index in [1.165, 1.54) is 0 Å². The Balaban J connectivity index is 0.975. The number of fused-ring (bicyclic) bond motifs is 7. The molecule has 0 atom stereocenters. The highest BCUT2D eigenvalue weighted by molar-refractivity contribution is 6.07. The molecule has 0 fully saturated rings. The fourth-order valence-corrected chi connectivity index (χ4v) is 7.73. The number of aromatic nitrogens is 5. The van der Waals surface area contributed by atoms with E-state index in [1.807, 2.05) is 36.7 Å². The summed E-state index contributed by atoms with van der Waals surface area (Å²) in [5.41, 5.74) is 12.8. The summed E-state index contributed by atoms with van der Waals surface area (Å²) in [5, 5.41) is 7.72. The molecule has 11 rings (SSSR count). The van der Waals surface area contributed by atoms with Crippen molar-refractivity contribution in [3.05, 3.63) is 176 Å². The maximum atomic E-state index is 5.25. The van der Waals surface area contributed by atoms with Crippen LogP contribution < -0.4 is 0 Å². The molecule has 0 N–H and O–H groups in total. The van der Waals surface area contributed by atoms with Crippen molar-refractivity contribution in [2.75, 3.05) is 0 Å². The van der Waals surface area contributed by atoms with E-state index < -0.39 is 0 Å². The van der Waals surface area contributed by atoms with Crippen molar-refractivity contribution in [3.8, 4) is 44.9 Å². The van der Waals surface area contributed by atoms with Crippen LogP contribution in [0.15, 0.2) is 176 Å². The topological polar surface area (TPSA) is 64.5 Å². The number of hydrogen-bond acceptors (Lipinski definition) is 5. The second kappa shape index (κ2) is 12.1. The SMILES string of the molecule is c1ccc2ncc(-c3ccc4ccc(-c5ccc6ccc(-c7ccc(-c8ccc9ccc%10cccnc%10c9n8)c8ccccc78)nc6c5)cc4n3)cc2c1. The third-order valence-corrected chi connectivity index (χ3v) is 10.5. The Kier molecular flexibility index (Phi) is 6.79. The summed E-state index contributed by atoms with van der Waals surface area (Å²) in [4.78, 5) is 24.8. The van der Waals surface area contributed by atoms with Crippen molar-refractivity contribution < 1.29 is 0 Å². The van der Waals surface area contributed by atoms with Gasteiger partial charge in [-0.05, 0) is 70.4 Å². The normalized spacial score (nSPS) is 11.7. The first-order chi connectivity index (χ1) is 26.7. The van der Waals surface area contributed by atoms with Gasteiger partial charge in [-0.25, -0.2) is 15.0 Å². The van der Waals surface area contributed by atoms with E-state index in [0.717, 1.165) is 110 Å². The predicted molar refractivity (Wildman–Crippen MR) is 222 cm³/mol. The third-order valence-electron chi connectivity index (χ3n) is 10.5. The van der Waals surface area contributed by atoms with Crippen LogP contribution in [0.5, 0.6) is 0 Å². The lowest BCUT2D eigenvalue weighted by atomic mass is 9.95. The van der Waals surface area contributed by atoms with Crippen molar-refractivity contribution in [2.45, 2.75) is 0 Å². The molecule has 250 valence electrons. The molecule has 6 aromatic carbocycles. The monoisotopic (exact) mass is 687 g/mol. The average molecular weight is 688 g/mol. The van der Waals surface area contributed by atoms with E-state index in [4.69, 9.17) is 15.0 Å². The molecule has 5 aromatic heterocycles. The Morgan fingerprint density at radius 3 is 1.61 bits per heavy atom. The highest BCUT2D eigenvalue weighted by Crippen LogP contribution is 2.37. The van der Waals surface area contributed by atoms with E-state index >= 15 is 0 Å². The summed E-state index contributed by atoms with van der Waals surface area (Å²) < 4.78 is 0. The van der Waals surface area contributed by atoms with Crippen LogP contribution in [0.1, 0.15) is 0 Å². The van der Waals surface area contributed by atoms with Crippen LogP contribution in [0.4, 0.5) is 0 Å². The lowest BCUT2D eigenvalue weighted by Crippen LogP contribution is -1.92. The number of benzene rings is 6. The standard InChI is InChI=1S/C49H29N5/c1-4-10-42-36(6-1)26-37(29-51-42)43-22-17-30-11-15-34(27-46(30)52-43)35-16-12-31-18-23-44(53-47(31)28-35)40-20-21-41(39-9-3-2-8-38(39)40)45-24-19-33-14-13-32-7-5-25-50-48(32)49(33)54-45/h1-29H. The number of hydrogen-bond donors (Lipinski definition) is 0.